The van der Waals surface area contributed by atoms with Crippen LogP contribution in [0, 0.1) is 0 Å². The maximum absolute atomic E-state index is 12.8. The Hall–Kier alpha value is -3.07. The van der Waals surface area contributed by atoms with E-state index in [1.165, 1.54) is 23.1 Å². The number of amides is 1. The number of aromatic nitrogens is 4. The van der Waals surface area contributed by atoms with Crippen molar-refractivity contribution in [2.45, 2.75) is 17.4 Å². The van der Waals surface area contributed by atoms with Crippen LogP contribution in [0.3, 0.4) is 0 Å². The zero-order valence-corrected chi connectivity index (χ0v) is 14.8. The molecule has 0 spiro atoms. The highest BCUT2D eigenvalue weighted by Crippen LogP contribution is 2.19. The summed E-state index contributed by atoms with van der Waals surface area (Å²) >= 11 is 0. The van der Waals surface area contributed by atoms with Crippen molar-refractivity contribution in [1.29, 1.82) is 0 Å². The lowest BCUT2D eigenvalue weighted by Crippen LogP contribution is -2.28. The number of carbonyl (C=O) groups excluding carboxylic acids is 1. The number of nitrogens with zero attached hydrogens (tertiary/aromatic N) is 4. The topological polar surface area (TPSA) is 107 Å². The monoisotopic (exact) mass is 371 g/mol. The Morgan fingerprint density at radius 2 is 1.92 bits per heavy atom. The molecule has 1 atom stereocenters. The van der Waals surface area contributed by atoms with E-state index in [-0.39, 0.29) is 10.8 Å². The number of rotatable bonds is 6. The van der Waals surface area contributed by atoms with Gasteiger partial charge in [-0.2, -0.15) is 0 Å². The van der Waals surface area contributed by atoms with Gasteiger partial charge in [-0.1, -0.05) is 36.4 Å². The lowest BCUT2D eigenvalue weighted by Gasteiger charge is -2.16. The third-order valence-electron chi connectivity index (χ3n) is 3.79. The molecule has 1 aromatic heterocycles. The van der Waals surface area contributed by atoms with Crippen LogP contribution >= 0.6 is 0 Å². The van der Waals surface area contributed by atoms with Crippen LogP contribution in [0.2, 0.25) is 0 Å². The molecule has 0 aliphatic carbocycles. The lowest BCUT2D eigenvalue weighted by atomic mass is 10.1. The van der Waals surface area contributed by atoms with E-state index in [1.807, 2.05) is 30.3 Å². The van der Waals surface area contributed by atoms with Gasteiger partial charge in [0.2, 0.25) is 5.91 Å². The minimum absolute atomic E-state index is 0.136. The van der Waals surface area contributed by atoms with Crippen molar-refractivity contribution in [1.82, 2.24) is 20.2 Å². The molecule has 3 aromatic rings. The lowest BCUT2D eigenvalue weighted by molar-refractivity contribution is -0.119. The molecule has 0 saturated heterocycles. The van der Waals surface area contributed by atoms with Gasteiger partial charge in [0, 0.05) is 18.4 Å². The summed E-state index contributed by atoms with van der Waals surface area (Å²) in [5.41, 5.74) is 1.34. The molecule has 8 nitrogen and oxygen atoms in total. The Morgan fingerprint density at radius 3 is 2.58 bits per heavy atom. The quantitative estimate of drug-likeness (QED) is 0.704. The second-order valence-electron chi connectivity index (χ2n) is 5.78. The molecule has 3 rings (SSSR count). The molecule has 0 aliphatic rings. The molecule has 1 heterocycles. The van der Waals surface area contributed by atoms with E-state index >= 15 is 0 Å². The molecule has 134 valence electrons. The summed E-state index contributed by atoms with van der Waals surface area (Å²) < 4.78 is 24.8. The minimum Gasteiger partial charge on any atom is -0.324 e. The Balaban J connectivity index is 1.84. The summed E-state index contributed by atoms with van der Waals surface area (Å²) in [6.45, 7) is 0. The molecule has 26 heavy (non-hydrogen) atoms. The van der Waals surface area contributed by atoms with Gasteiger partial charge in [0.15, 0.2) is 9.84 Å². The van der Waals surface area contributed by atoms with Gasteiger partial charge >= 0.3 is 0 Å². The Morgan fingerprint density at radius 1 is 1.15 bits per heavy atom. The number of carbonyl (C=O) groups is 1. The maximum Gasteiger partial charge on any atom is 0.249 e. The predicted octanol–water partition coefficient (Wildman–Crippen LogP) is 1.50. The van der Waals surface area contributed by atoms with Gasteiger partial charge < -0.3 is 5.32 Å². The van der Waals surface area contributed by atoms with Crippen molar-refractivity contribution in [3.63, 3.8) is 0 Å². The van der Waals surface area contributed by atoms with Crippen LogP contribution in [-0.2, 0) is 21.1 Å². The maximum atomic E-state index is 12.8. The van der Waals surface area contributed by atoms with E-state index in [1.54, 1.807) is 12.1 Å². The van der Waals surface area contributed by atoms with E-state index in [9.17, 15) is 13.2 Å². The molecule has 0 aliphatic heterocycles. The van der Waals surface area contributed by atoms with E-state index in [2.05, 4.69) is 20.8 Å². The van der Waals surface area contributed by atoms with Crippen LogP contribution in [0.5, 0.6) is 0 Å². The van der Waals surface area contributed by atoms with E-state index in [4.69, 9.17) is 0 Å². The largest absolute Gasteiger partial charge is 0.324 e. The third-order valence-corrected chi connectivity index (χ3v) is 4.90. The highest BCUT2D eigenvalue weighted by atomic mass is 32.2. The molecule has 9 heteroatoms. The van der Waals surface area contributed by atoms with Crippen molar-refractivity contribution in [2.75, 3.05) is 11.6 Å². The molecule has 1 amide bonds. The first-order valence-corrected chi connectivity index (χ1v) is 9.70. The molecule has 1 N–H and O–H groups in total. The first-order chi connectivity index (χ1) is 12.4. The number of benzene rings is 2. The fourth-order valence-electron chi connectivity index (χ4n) is 2.48. The second kappa shape index (κ2) is 7.44. The van der Waals surface area contributed by atoms with Crippen molar-refractivity contribution >= 4 is 21.4 Å². The van der Waals surface area contributed by atoms with Crippen LogP contribution in [0.15, 0.2) is 65.8 Å². The van der Waals surface area contributed by atoms with E-state index < -0.39 is 15.9 Å². The summed E-state index contributed by atoms with van der Waals surface area (Å²) in [4.78, 5) is 12.9. The molecule has 2 aromatic carbocycles. The van der Waals surface area contributed by atoms with E-state index in [0.717, 1.165) is 11.8 Å². The van der Waals surface area contributed by atoms with Gasteiger partial charge in [-0.15, -0.1) is 5.10 Å². The standard InChI is InChI=1S/C17H17N5O3S/c1-26(24,25)15-9-5-8-14(11-15)19-17(23)16(22-12-18-20-21-22)10-13-6-3-2-4-7-13/h2-9,11-12,16H,10H2,1H3,(H,19,23). The minimum atomic E-state index is -3.36. The van der Waals surface area contributed by atoms with Crippen molar-refractivity contribution in [3.8, 4) is 0 Å². The SMILES string of the molecule is CS(=O)(=O)c1cccc(NC(=O)C(Cc2ccccc2)n2cnnn2)c1. The number of nitrogens with one attached hydrogen (secondary N) is 1. The van der Waals surface area contributed by atoms with Gasteiger partial charge in [0.1, 0.15) is 12.4 Å². The molecular formula is C17H17N5O3S. The van der Waals surface area contributed by atoms with Gasteiger partial charge in [-0.05, 0) is 34.2 Å². The summed E-state index contributed by atoms with van der Waals surface area (Å²) in [5, 5.41) is 13.8. The molecular weight excluding hydrogens is 354 g/mol. The summed E-state index contributed by atoms with van der Waals surface area (Å²) in [5.74, 6) is -0.341. The van der Waals surface area contributed by atoms with Crippen LogP contribution in [0.4, 0.5) is 5.69 Å². The Kier molecular flexibility index (Phi) is 5.08. The number of anilines is 1. The van der Waals surface area contributed by atoms with Crippen molar-refractivity contribution in [3.05, 3.63) is 66.5 Å². The van der Waals surface area contributed by atoms with Crippen LogP contribution in [0.1, 0.15) is 11.6 Å². The number of sulfone groups is 1. The van der Waals surface area contributed by atoms with Gasteiger partial charge in [0.25, 0.3) is 0 Å². The molecule has 0 radical (unpaired) electrons. The summed E-state index contributed by atoms with van der Waals surface area (Å²) in [6.07, 6.45) is 2.89. The van der Waals surface area contributed by atoms with Crippen LogP contribution < -0.4 is 5.32 Å². The van der Waals surface area contributed by atoms with Gasteiger partial charge in [0.05, 0.1) is 4.90 Å². The highest BCUT2D eigenvalue weighted by Gasteiger charge is 2.23. The fourth-order valence-corrected chi connectivity index (χ4v) is 3.15. The summed E-state index contributed by atoms with van der Waals surface area (Å²) in [7, 11) is -3.36. The Labute approximate surface area is 150 Å². The predicted molar refractivity (Wildman–Crippen MR) is 95.2 cm³/mol. The molecule has 0 bridgehead atoms. The smallest absolute Gasteiger partial charge is 0.249 e. The molecule has 0 saturated carbocycles. The average molecular weight is 371 g/mol. The molecule has 1 unspecified atom stereocenters. The number of tetrazole rings is 1. The van der Waals surface area contributed by atoms with Crippen LogP contribution in [-0.4, -0.2) is 40.8 Å². The number of hydrogen-bond acceptors (Lipinski definition) is 6. The third kappa shape index (κ3) is 4.31. The second-order valence-corrected chi connectivity index (χ2v) is 7.80. The van der Waals surface area contributed by atoms with Gasteiger partial charge in [-0.25, -0.2) is 13.1 Å². The fraction of sp³-hybridized carbons (Fsp3) is 0.176. The summed E-state index contributed by atoms with van der Waals surface area (Å²) in [6, 6.07) is 14.9. The van der Waals surface area contributed by atoms with Gasteiger partial charge in [-0.3, -0.25) is 4.79 Å². The van der Waals surface area contributed by atoms with Crippen molar-refractivity contribution < 1.29 is 13.2 Å². The zero-order chi connectivity index (χ0) is 18.6. The Bertz CT molecular complexity index is 988. The number of hydrogen-bond donors (Lipinski definition) is 1. The van der Waals surface area contributed by atoms with Crippen molar-refractivity contribution in [2.24, 2.45) is 0 Å². The highest BCUT2D eigenvalue weighted by molar-refractivity contribution is 7.90. The zero-order valence-electron chi connectivity index (χ0n) is 14.0. The normalized spacial score (nSPS) is 12.5. The first kappa shape index (κ1) is 17.7. The van der Waals surface area contributed by atoms with E-state index in [0.29, 0.717) is 12.1 Å². The average Bonchev–Trinajstić information content (AvgIpc) is 3.14. The van der Waals surface area contributed by atoms with Crippen LogP contribution in [0.25, 0.3) is 0 Å². The first-order valence-electron chi connectivity index (χ1n) is 7.81. The molecule has 0 fully saturated rings.